The van der Waals surface area contributed by atoms with Crippen LogP contribution in [0.5, 0.6) is 0 Å². The summed E-state index contributed by atoms with van der Waals surface area (Å²) in [6, 6.07) is 5.42. The molecule has 0 fully saturated rings. The molecule has 3 N–H and O–H groups in total. The zero-order valence-electron chi connectivity index (χ0n) is 12.0. The summed E-state index contributed by atoms with van der Waals surface area (Å²) in [7, 11) is -3.60. The van der Waals surface area contributed by atoms with Gasteiger partial charge in [-0.15, -0.1) is 11.3 Å². The minimum absolute atomic E-state index is 0.301. The molecule has 0 atom stereocenters. The number of aryl methyl sites for hydroxylation is 3. The fraction of sp³-hybridized carbons (Fsp3) is 0.286. The van der Waals surface area contributed by atoms with Crippen molar-refractivity contribution in [2.75, 3.05) is 4.72 Å². The van der Waals surface area contributed by atoms with E-state index in [2.05, 4.69) is 20.7 Å². The van der Waals surface area contributed by atoms with E-state index in [4.69, 9.17) is 5.73 Å². The molecule has 0 aliphatic rings. The van der Waals surface area contributed by atoms with Gasteiger partial charge in [-0.25, -0.2) is 8.42 Å². The van der Waals surface area contributed by atoms with Crippen LogP contribution in [0.15, 0.2) is 27.6 Å². The van der Waals surface area contributed by atoms with Gasteiger partial charge >= 0.3 is 0 Å². The lowest BCUT2D eigenvalue weighted by molar-refractivity contribution is 0.601. The van der Waals surface area contributed by atoms with E-state index >= 15 is 0 Å². The molecule has 0 spiro atoms. The molecule has 2 rings (SSSR count). The lowest BCUT2D eigenvalue weighted by Crippen LogP contribution is -2.15. The molecular formula is C14H17BrN2O2S2. The number of thiophene rings is 1. The molecule has 1 aromatic carbocycles. The molecule has 2 aromatic rings. The highest BCUT2D eigenvalue weighted by atomic mass is 79.9. The Kier molecular flexibility index (Phi) is 4.77. The van der Waals surface area contributed by atoms with Crippen LogP contribution >= 0.6 is 27.3 Å². The van der Waals surface area contributed by atoms with Gasteiger partial charge in [0, 0.05) is 20.8 Å². The van der Waals surface area contributed by atoms with Crippen LogP contribution in [0.3, 0.4) is 0 Å². The van der Waals surface area contributed by atoms with Crippen molar-refractivity contribution in [3.63, 3.8) is 0 Å². The van der Waals surface area contributed by atoms with Gasteiger partial charge in [0.2, 0.25) is 0 Å². The first-order valence-electron chi connectivity index (χ1n) is 6.33. The summed E-state index contributed by atoms with van der Waals surface area (Å²) in [5.41, 5.74) is 7.95. The third-order valence-corrected chi connectivity index (χ3v) is 6.28. The summed E-state index contributed by atoms with van der Waals surface area (Å²) < 4.78 is 28.8. The maximum Gasteiger partial charge on any atom is 0.263 e. The zero-order valence-corrected chi connectivity index (χ0v) is 15.2. The number of rotatable bonds is 4. The highest BCUT2D eigenvalue weighted by Crippen LogP contribution is 2.30. The van der Waals surface area contributed by atoms with Gasteiger partial charge in [0.15, 0.2) is 0 Å². The predicted octanol–water partition coefficient (Wildman–Crippen LogP) is 3.70. The van der Waals surface area contributed by atoms with Crippen LogP contribution in [0.25, 0.3) is 0 Å². The number of sulfonamides is 1. The first-order chi connectivity index (χ1) is 9.74. The molecule has 0 aliphatic heterocycles. The van der Waals surface area contributed by atoms with Gasteiger partial charge < -0.3 is 5.73 Å². The van der Waals surface area contributed by atoms with Crippen LogP contribution in [0.4, 0.5) is 5.69 Å². The average molecular weight is 389 g/mol. The molecule has 0 aliphatic carbocycles. The summed E-state index contributed by atoms with van der Waals surface area (Å²) in [6.07, 6.45) is 0. The number of benzene rings is 1. The molecule has 0 unspecified atom stereocenters. The predicted molar refractivity (Wildman–Crippen MR) is 91.4 cm³/mol. The van der Waals surface area contributed by atoms with Crippen LogP contribution in [0, 0.1) is 20.8 Å². The third-order valence-electron chi connectivity index (χ3n) is 3.15. The van der Waals surface area contributed by atoms with E-state index < -0.39 is 10.0 Å². The normalized spacial score (nSPS) is 11.7. The van der Waals surface area contributed by atoms with Gasteiger partial charge in [0.05, 0.1) is 5.69 Å². The van der Waals surface area contributed by atoms with Crippen LogP contribution in [-0.4, -0.2) is 8.42 Å². The van der Waals surface area contributed by atoms with Gasteiger partial charge in [-0.05, 0) is 50.1 Å². The molecule has 0 bridgehead atoms. The number of nitrogens with one attached hydrogen (secondary N) is 1. The summed E-state index contributed by atoms with van der Waals surface area (Å²) in [5.74, 6) is 0. The summed E-state index contributed by atoms with van der Waals surface area (Å²) >= 11 is 4.82. The Morgan fingerprint density at radius 2 is 1.76 bits per heavy atom. The van der Waals surface area contributed by atoms with Gasteiger partial charge in [-0.2, -0.15) is 0 Å². The molecule has 1 aromatic heterocycles. The molecule has 0 amide bonds. The van der Waals surface area contributed by atoms with E-state index in [9.17, 15) is 8.42 Å². The number of hydrogen-bond acceptors (Lipinski definition) is 4. The van der Waals surface area contributed by atoms with E-state index in [1.165, 1.54) is 11.3 Å². The maximum absolute atomic E-state index is 12.6. The summed E-state index contributed by atoms with van der Waals surface area (Å²) in [6.45, 7) is 5.89. The second-order valence-electron chi connectivity index (χ2n) is 4.86. The van der Waals surface area contributed by atoms with Crippen LogP contribution in [0.2, 0.25) is 0 Å². The van der Waals surface area contributed by atoms with E-state index in [-0.39, 0.29) is 0 Å². The number of nitrogens with two attached hydrogens (primary N) is 1. The Morgan fingerprint density at radius 1 is 1.19 bits per heavy atom. The Labute approximate surface area is 137 Å². The minimum Gasteiger partial charge on any atom is -0.326 e. The highest BCUT2D eigenvalue weighted by molar-refractivity contribution is 9.10. The molecule has 1 heterocycles. The van der Waals surface area contributed by atoms with Crippen molar-refractivity contribution >= 4 is 43.0 Å². The van der Waals surface area contributed by atoms with Crippen molar-refractivity contribution in [3.8, 4) is 0 Å². The standard InChI is InChI=1S/C14H17BrN2O2S2/c1-8-4-11(15)5-9(2)14(8)17-21(18,19)13-6-12(7-16)20-10(13)3/h4-6,17H,7,16H2,1-3H3. The topological polar surface area (TPSA) is 72.2 Å². The average Bonchev–Trinajstić information content (AvgIpc) is 2.76. The molecule has 0 saturated carbocycles. The Morgan fingerprint density at radius 3 is 2.24 bits per heavy atom. The van der Waals surface area contributed by atoms with Crippen molar-refractivity contribution in [1.29, 1.82) is 0 Å². The lowest BCUT2D eigenvalue weighted by Gasteiger charge is -2.13. The zero-order chi connectivity index (χ0) is 15.8. The highest BCUT2D eigenvalue weighted by Gasteiger charge is 2.21. The fourth-order valence-electron chi connectivity index (χ4n) is 2.15. The Hall–Kier alpha value is -0.890. The van der Waals surface area contributed by atoms with Gasteiger partial charge in [-0.3, -0.25) is 4.72 Å². The summed E-state index contributed by atoms with van der Waals surface area (Å²) in [5, 5.41) is 0. The lowest BCUT2D eigenvalue weighted by atomic mass is 10.1. The van der Waals surface area contributed by atoms with E-state index in [1.807, 2.05) is 26.0 Å². The Balaban J connectivity index is 2.44. The van der Waals surface area contributed by atoms with Crippen molar-refractivity contribution in [1.82, 2.24) is 0 Å². The number of halogens is 1. The van der Waals surface area contributed by atoms with E-state index in [1.54, 1.807) is 13.0 Å². The second-order valence-corrected chi connectivity index (χ2v) is 8.76. The molecule has 7 heteroatoms. The summed E-state index contributed by atoms with van der Waals surface area (Å²) in [4.78, 5) is 1.90. The monoisotopic (exact) mass is 388 g/mol. The largest absolute Gasteiger partial charge is 0.326 e. The maximum atomic E-state index is 12.6. The third kappa shape index (κ3) is 3.48. The van der Waals surface area contributed by atoms with E-state index in [0.717, 1.165) is 25.4 Å². The smallest absolute Gasteiger partial charge is 0.263 e. The number of anilines is 1. The molecule has 21 heavy (non-hydrogen) atoms. The van der Waals surface area contributed by atoms with Crippen molar-refractivity contribution in [2.45, 2.75) is 32.2 Å². The molecule has 0 saturated heterocycles. The quantitative estimate of drug-likeness (QED) is 0.838. The molecular weight excluding hydrogens is 372 g/mol. The van der Waals surface area contributed by atoms with Crippen molar-refractivity contribution in [3.05, 3.63) is 43.6 Å². The molecule has 114 valence electrons. The first kappa shape index (κ1) is 16.5. The molecule has 0 radical (unpaired) electrons. The van der Waals surface area contributed by atoms with Crippen LogP contribution in [-0.2, 0) is 16.6 Å². The van der Waals surface area contributed by atoms with Gasteiger partial charge in [0.1, 0.15) is 4.90 Å². The fourth-order valence-corrected chi connectivity index (χ4v) is 5.56. The first-order valence-corrected chi connectivity index (χ1v) is 9.43. The Bertz CT molecular complexity index is 759. The van der Waals surface area contributed by atoms with Gasteiger partial charge in [0.25, 0.3) is 10.0 Å². The number of hydrogen-bond donors (Lipinski definition) is 2. The van der Waals surface area contributed by atoms with Crippen molar-refractivity contribution in [2.24, 2.45) is 5.73 Å². The van der Waals surface area contributed by atoms with Crippen molar-refractivity contribution < 1.29 is 8.42 Å². The second kappa shape index (κ2) is 6.08. The van der Waals surface area contributed by atoms with E-state index in [0.29, 0.717) is 17.1 Å². The SMILES string of the molecule is Cc1cc(Br)cc(C)c1NS(=O)(=O)c1cc(CN)sc1C. The van der Waals surface area contributed by atoms with Crippen LogP contribution in [0.1, 0.15) is 20.9 Å². The van der Waals surface area contributed by atoms with Crippen LogP contribution < -0.4 is 10.5 Å². The molecule has 4 nitrogen and oxygen atoms in total. The van der Waals surface area contributed by atoms with Gasteiger partial charge in [-0.1, -0.05) is 15.9 Å². The minimum atomic E-state index is -3.60.